The van der Waals surface area contributed by atoms with Gasteiger partial charge in [0.1, 0.15) is 0 Å². The van der Waals surface area contributed by atoms with Gasteiger partial charge in [-0.3, -0.25) is 9.59 Å². The molecule has 0 aromatic rings. The van der Waals surface area contributed by atoms with Gasteiger partial charge in [-0.2, -0.15) is 0 Å². The Labute approximate surface area is 142 Å². The molecule has 4 heteroatoms. The molecule has 0 saturated carbocycles. The Morgan fingerprint density at radius 2 is 1.35 bits per heavy atom. The molecule has 0 N–H and O–H groups in total. The van der Waals surface area contributed by atoms with Crippen LogP contribution in [0.1, 0.15) is 97.8 Å². The lowest BCUT2D eigenvalue weighted by atomic mass is 10.1. The molecule has 0 aliphatic heterocycles. The third-order valence-corrected chi connectivity index (χ3v) is 3.84. The molecule has 0 aliphatic rings. The van der Waals surface area contributed by atoms with Crippen molar-refractivity contribution in [2.75, 3.05) is 6.61 Å². The highest BCUT2D eigenvalue weighted by Crippen LogP contribution is 2.11. The molecule has 0 rings (SSSR count). The second-order valence-corrected chi connectivity index (χ2v) is 6.28. The van der Waals surface area contributed by atoms with Gasteiger partial charge in [0.05, 0.1) is 25.6 Å². The van der Waals surface area contributed by atoms with Crippen molar-refractivity contribution in [1.29, 1.82) is 0 Å². The molecule has 1 atom stereocenters. The number of carbonyl (C=O) groups excluding carboxylic acids is 2. The highest BCUT2D eigenvalue weighted by atomic mass is 16.5. The van der Waals surface area contributed by atoms with E-state index < -0.39 is 0 Å². The van der Waals surface area contributed by atoms with Gasteiger partial charge >= 0.3 is 11.9 Å². The molecule has 23 heavy (non-hydrogen) atoms. The first-order valence-electron chi connectivity index (χ1n) is 9.45. The third kappa shape index (κ3) is 15.6. The second kappa shape index (κ2) is 15.8. The molecule has 0 heterocycles. The smallest absolute Gasteiger partial charge is 0.306 e. The van der Waals surface area contributed by atoms with E-state index >= 15 is 0 Å². The van der Waals surface area contributed by atoms with Crippen LogP contribution < -0.4 is 0 Å². The molecule has 0 aromatic carbocycles. The fourth-order valence-corrected chi connectivity index (χ4v) is 2.37. The average molecular weight is 328 g/mol. The zero-order chi connectivity index (χ0) is 17.3. The lowest BCUT2D eigenvalue weighted by Gasteiger charge is -2.13. The topological polar surface area (TPSA) is 52.6 Å². The van der Waals surface area contributed by atoms with Crippen LogP contribution >= 0.6 is 0 Å². The predicted molar refractivity (Wildman–Crippen MR) is 93.3 cm³/mol. The first kappa shape index (κ1) is 21.9. The van der Waals surface area contributed by atoms with E-state index in [2.05, 4.69) is 13.8 Å². The summed E-state index contributed by atoms with van der Waals surface area (Å²) < 4.78 is 10.4. The van der Waals surface area contributed by atoms with Crippen LogP contribution in [0.2, 0.25) is 0 Å². The number of carbonyl (C=O) groups is 2. The van der Waals surface area contributed by atoms with Crippen molar-refractivity contribution in [1.82, 2.24) is 0 Å². The predicted octanol–water partition coefficient (Wildman–Crippen LogP) is 5.18. The summed E-state index contributed by atoms with van der Waals surface area (Å²) in [5.74, 6) is -0.601. The van der Waals surface area contributed by atoms with Crippen molar-refractivity contribution >= 4 is 11.9 Å². The number of hydrogen-bond donors (Lipinski definition) is 0. The van der Waals surface area contributed by atoms with Gasteiger partial charge in [-0.1, -0.05) is 58.8 Å². The average Bonchev–Trinajstić information content (AvgIpc) is 2.53. The molecule has 0 fully saturated rings. The molecule has 0 radical (unpaired) electrons. The molecular formula is C19H36O4. The molecule has 0 aliphatic carbocycles. The maximum atomic E-state index is 11.7. The van der Waals surface area contributed by atoms with Crippen molar-refractivity contribution < 1.29 is 19.1 Å². The summed E-state index contributed by atoms with van der Waals surface area (Å²) in [6.45, 7) is 6.69. The van der Waals surface area contributed by atoms with Gasteiger partial charge < -0.3 is 9.47 Å². The summed E-state index contributed by atoms with van der Waals surface area (Å²) in [5, 5.41) is 0. The first-order chi connectivity index (χ1) is 11.1. The molecule has 1 unspecified atom stereocenters. The maximum absolute atomic E-state index is 11.7. The zero-order valence-electron chi connectivity index (χ0n) is 15.4. The van der Waals surface area contributed by atoms with E-state index in [-0.39, 0.29) is 30.9 Å². The van der Waals surface area contributed by atoms with E-state index in [9.17, 15) is 9.59 Å². The Morgan fingerprint density at radius 3 is 2.04 bits per heavy atom. The maximum Gasteiger partial charge on any atom is 0.306 e. The Bertz CT molecular complexity index is 302. The van der Waals surface area contributed by atoms with Gasteiger partial charge in [0.25, 0.3) is 0 Å². The Kier molecular flexibility index (Phi) is 15.1. The van der Waals surface area contributed by atoms with Gasteiger partial charge in [-0.25, -0.2) is 0 Å². The quantitative estimate of drug-likeness (QED) is 0.307. The van der Waals surface area contributed by atoms with E-state index in [4.69, 9.17) is 9.47 Å². The van der Waals surface area contributed by atoms with E-state index in [1.807, 2.05) is 6.92 Å². The minimum atomic E-state index is -0.304. The molecular weight excluding hydrogens is 292 g/mol. The zero-order valence-corrected chi connectivity index (χ0v) is 15.4. The van der Waals surface area contributed by atoms with Gasteiger partial charge in [-0.05, 0) is 26.2 Å². The van der Waals surface area contributed by atoms with Crippen LogP contribution in [0, 0.1) is 0 Å². The van der Waals surface area contributed by atoms with Crippen LogP contribution in [0.5, 0.6) is 0 Å². The summed E-state index contributed by atoms with van der Waals surface area (Å²) >= 11 is 0. The SMILES string of the molecule is CCCCCCCCC(C)OC(=O)CCC(=O)OCCCCC. The molecule has 0 spiro atoms. The van der Waals surface area contributed by atoms with E-state index in [0.717, 1.165) is 32.1 Å². The van der Waals surface area contributed by atoms with Crippen LogP contribution in [0.4, 0.5) is 0 Å². The Morgan fingerprint density at radius 1 is 0.783 bits per heavy atom. The van der Waals surface area contributed by atoms with Crippen LogP contribution in [0.25, 0.3) is 0 Å². The molecule has 0 saturated heterocycles. The molecule has 0 bridgehead atoms. The van der Waals surface area contributed by atoms with Gasteiger partial charge in [0.2, 0.25) is 0 Å². The molecule has 4 nitrogen and oxygen atoms in total. The molecule has 136 valence electrons. The normalized spacial score (nSPS) is 12.0. The fraction of sp³-hybridized carbons (Fsp3) is 0.895. The van der Waals surface area contributed by atoms with Crippen LogP contribution in [-0.4, -0.2) is 24.6 Å². The fourth-order valence-electron chi connectivity index (χ4n) is 2.37. The summed E-state index contributed by atoms with van der Waals surface area (Å²) in [4.78, 5) is 23.1. The van der Waals surface area contributed by atoms with E-state index in [1.165, 1.54) is 32.1 Å². The van der Waals surface area contributed by atoms with Crippen molar-refractivity contribution in [2.24, 2.45) is 0 Å². The third-order valence-electron chi connectivity index (χ3n) is 3.84. The monoisotopic (exact) mass is 328 g/mol. The second-order valence-electron chi connectivity index (χ2n) is 6.28. The summed E-state index contributed by atoms with van der Waals surface area (Å²) in [6.07, 6.45) is 11.5. The molecule has 0 amide bonds. The minimum absolute atomic E-state index is 0.0609. The van der Waals surface area contributed by atoms with Crippen molar-refractivity contribution in [3.63, 3.8) is 0 Å². The lowest BCUT2D eigenvalue weighted by molar-refractivity contribution is -0.153. The van der Waals surface area contributed by atoms with Crippen LogP contribution in [-0.2, 0) is 19.1 Å². The van der Waals surface area contributed by atoms with Gasteiger partial charge in [0, 0.05) is 0 Å². The first-order valence-corrected chi connectivity index (χ1v) is 9.45. The van der Waals surface area contributed by atoms with E-state index in [1.54, 1.807) is 0 Å². The Balaban J connectivity index is 3.54. The largest absolute Gasteiger partial charge is 0.466 e. The van der Waals surface area contributed by atoms with Crippen molar-refractivity contribution in [3.05, 3.63) is 0 Å². The summed E-state index contributed by atoms with van der Waals surface area (Å²) in [5.41, 5.74) is 0. The minimum Gasteiger partial charge on any atom is -0.466 e. The van der Waals surface area contributed by atoms with Crippen molar-refractivity contribution in [3.8, 4) is 0 Å². The number of unbranched alkanes of at least 4 members (excludes halogenated alkanes) is 7. The van der Waals surface area contributed by atoms with Gasteiger partial charge in [-0.15, -0.1) is 0 Å². The van der Waals surface area contributed by atoms with Gasteiger partial charge in [0.15, 0.2) is 0 Å². The lowest BCUT2D eigenvalue weighted by Crippen LogP contribution is -2.16. The highest BCUT2D eigenvalue weighted by molar-refractivity contribution is 5.77. The van der Waals surface area contributed by atoms with Crippen LogP contribution in [0.15, 0.2) is 0 Å². The Hall–Kier alpha value is -1.06. The van der Waals surface area contributed by atoms with Crippen molar-refractivity contribution in [2.45, 2.75) is 104 Å². The van der Waals surface area contributed by atoms with E-state index in [0.29, 0.717) is 6.61 Å². The standard InChI is InChI=1S/C19H36O4/c1-4-6-8-9-10-11-13-17(3)23-19(21)15-14-18(20)22-16-12-7-5-2/h17H,4-16H2,1-3H3. The number of esters is 2. The number of ether oxygens (including phenoxy) is 2. The summed E-state index contributed by atoms with van der Waals surface area (Å²) in [6, 6.07) is 0. The van der Waals surface area contributed by atoms with Crippen LogP contribution in [0.3, 0.4) is 0 Å². The molecule has 0 aromatic heterocycles. The number of rotatable bonds is 15. The number of hydrogen-bond acceptors (Lipinski definition) is 4. The highest BCUT2D eigenvalue weighted by Gasteiger charge is 2.12. The summed E-state index contributed by atoms with van der Waals surface area (Å²) in [7, 11) is 0.